The molecule has 0 bridgehead atoms. The minimum atomic E-state index is -1.01. The van der Waals surface area contributed by atoms with E-state index in [0.29, 0.717) is 11.1 Å². The van der Waals surface area contributed by atoms with Gasteiger partial charge in [-0.1, -0.05) is 51.1 Å². The maximum absolute atomic E-state index is 13.6. The topological polar surface area (TPSA) is 20.2 Å². The quantitative estimate of drug-likeness (QED) is 0.743. The van der Waals surface area contributed by atoms with Gasteiger partial charge in [0.05, 0.1) is 4.47 Å². The molecule has 0 fully saturated rings. The van der Waals surface area contributed by atoms with Crippen LogP contribution >= 0.6 is 15.9 Å². The highest BCUT2D eigenvalue weighted by atomic mass is 79.9. The second-order valence-corrected chi connectivity index (χ2v) is 6.83. The number of benzene rings is 2. The average Bonchev–Trinajstić information content (AvgIpc) is 2.43. The molecule has 0 aliphatic carbocycles. The third-order valence-electron chi connectivity index (χ3n) is 3.45. The van der Waals surface area contributed by atoms with Crippen molar-refractivity contribution in [2.75, 3.05) is 0 Å². The van der Waals surface area contributed by atoms with Crippen LogP contribution in [0.25, 0.3) is 0 Å². The molecule has 0 aromatic heterocycles. The van der Waals surface area contributed by atoms with E-state index in [2.05, 4.69) is 36.7 Å². The molecule has 2 aromatic rings. The van der Waals surface area contributed by atoms with E-state index < -0.39 is 17.7 Å². The first-order valence-electron chi connectivity index (χ1n) is 6.63. The summed E-state index contributed by atoms with van der Waals surface area (Å²) in [6.07, 6.45) is -1.01. The molecule has 2 rings (SSSR count). The van der Waals surface area contributed by atoms with Crippen LogP contribution in [-0.4, -0.2) is 5.11 Å². The predicted octanol–water partition coefficient (Wildman–Crippen LogP) is 5.11. The molecule has 0 saturated carbocycles. The Labute approximate surface area is 131 Å². The Morgan fingerprint density at radius 2 is 1.57 bits per heavy atom. The largest absolute Gasteiger partial charge is 0.384 e. The van der Waals surface area contributed by atoms with Crippen LogP contribution in [0.2, 0.25) is 0 Å². The average molecular weight is 355 g/mol. The van der Waals surface area contributed by atoms with Crippen molar-refractivity contribution in [1.29, 1.82) is 0 Å². The van der Waals surface area contributed by atoms with Gasteiger partial charge in [-0.15, -0.1) is 0 Å². The molecular formula is C17H17BrF2O. The Kier molecular flexibility index (Phi) is 4.49. The van der Waals surface area contributed by atoms with E-state index in [1.54, 1.807) is 12.1 Å². The molecule has 0 aliphatic heterocycles. The Bertz CT molecular complexity index is 645. The number of aliphatic hydroxyl groups is 1. The van der Waals surface area contributed by atoms with Gasteiger partial charge in [0, 0.05) is 5.56 Å². The molecule has 21 heavy (non-hydrogen) atoms. The molecule has 1 N–H and O–H groups in total. The lowest BCUT2D eigenvalue weighted by Crippen LogP contribution is -2.11. The summed E-state index contributed by atoms with van der Waals surface area (Å²) in [7, 11) is 0. The fourth-order valence-electron chi connectivity index (χ4n) is 2.10. The third kappa shape index (κ3) is 3.33. The molecule has 0 amide bonds. The van der Waals surface area contributed by atoms with Gasteiger partial charge >= 0.3 is 0 Å². The minimum absolute atomic E-state index is 0.0199. The van der Waals surface area contributed by atoms with E-state index in [1.165, 1.54) is 6.07 Å². The first-order valence-corrected chi connectivity index (χ1v) is 7.43. The fraction of sp³-hybridized carbons (Fsp3) is 0.294. The van der Waals surface area contributed by atoms with Gasteiger partial charge in [-0.3, -0.25) is 0 Å². The highest BCUT2D eigenvalue weighted by Crippen LogP contribution is 2.32. The summed E-state index contributed by atoms with van der Waals surface area (Å²) in [6, 6.07) is 9.88. The van der Waals surface area contributed by atoms with Gasteiger partial charge in [-0.2, -0.15) is 0 Å². The standard InChI is InChI=1S/C17H17BrF2O/c1-17(2,3)11-6-4-10(5-7-11)16(21)12-8-9-13(19)15(20)14(12)18/h4-9,16,21H,1-3H3. The molecule has 1 nitrogen and oxygen atoms in total. The van der Waals surface area contributed by atoms with Crippen LogP contribution in [0.3, 0.4) is 0 Å². The van der Waals surface area contributed by atoms with Crippen molar-refractivity contribution in [3.05, 3.63) is 69.2 Å². The van der Waals surface area contributed by atoms with Crippen molar-refractivity contribution < 1.29 is 13.9 Å². The molecule has 0 heterocycles. The van der Waals surface area contributed by atoms with Crippen molar-refractivity contribution in [2.24, 2.45) is 0 Å². The third-order valence-corrected chi connectivity index (χ3v) is 4.26. The van der Waals surface area contributed by atoms with Gasteiger partial charge in [0.25, 0.3) is 0 Å². The van der Waals surface area contributed by atoms with Gasteiger partial charge in [0.1, 0.15) is 6.10 Å². The zero-order valence-corrected chi connectivity index (χ0v) is 13.7. The van der Waals surface area contributed by atoms with Crippen LogP contribution in [0.5, 0.6) is 0 Å². The molecule has 0 saturated heterocycles. The van der Waals surface area contributed by atoms with Crippen LogP contribution in [0.15, 0.2) is 40.9 Å². The van der Waals surface area contributed by atoms with Crippen molar-refractivity contribution in [2.45, 2.75) is 32.3 Å². The van der Waals surface area contributed by atoms with Crippen LogP contribution in [0.1, 0.15) is 43.6 Å². The lowest BCUT2D eigenvalue weighted by Gasteiger charge is -2.20. The summed E-state index contributed by atoms with van der Waals surface area (Å²) in [5, 5.41) is 10.4. The Balaban J connectivity index is 2.37. The van der Waals surface area contributed by atoms with Crippen molar-refractivity contribution in [3.63, 3.8) is 0 Å². The summed E-state index contributed by atoms with van der Waals surface area (Å²) in [4.78, 5) is 0. The predicted molar refractivity (Wildman–Crippen MR) is 83.3 cm³/mol. The molecule has 112 valence electrons. The van der Waals surface area contributed by atoms with E-state index >= 15 is 0 Å². The molecule has 4 heteroatoms. The van der Waals surface area contributed by atoms with E-state index in [1.807, 2.05) is 12.1 Å². The van der Waals surface area contributed by atoms with E-state index in [9.17, 15) is 13.9 Å². The fourth-order valence-corrected chi connectivity index (χ4v) is 2.64. The van der Waals surface area contributed by atoms with Crippen molar-refractivity contribution in [1.82, 2.24) is 0 Å². The van der Waals surface area contributed by atoms with Gasteiger partial charge in [0.2, 0.25) is 0 Å². The Hall–Kier alpha value is -1.26. The summed E-state index contributed by atoms with van der Waals surface area (Å²) in [5.74, 6) is -1.93. The van der Waals surface area contributed by atoms with E-state index in [0.717, 1.165) is 11.6 Å². The normalized spacial score (nSPS) is 13.3. The number of aliphatic hydroxyl groups excluding tert-OH is 1. The smallest absolute Gasteiger partial charge is 0.173 e. The van der Waals surface area contributed by atoms with Crippen LogP contribution in [-0.2, 0) is 5.41 Å². The zero-order chi connectivity index (χ0) is 15.8. The monoisotopic (exact) mass is 354 g/mol. The van der Waals surface area contributed by atoms with Crippen LogP contribution < -0.4 is 0 Å². The summed E-state index contributed by atoms with van der Waals surface area (Å²) < 4.78 is 26.6. The lowest BCUT2D eigenvalue weighted by molar-refractivity contribution is 0.218. The Morgan fingerprint density at radius 3 is 2.10 bits per heavy atom. The number of hydrogen-bond donors (Lipinski definition) is 1. The van der Waals surface area contributed by atoms with Crippen LogP contribution in [0.4, 0.5) is 8.78 Å². The molecule has 0 spiro atoms. The number of hydrogen-bond acceptors (Lipinski definition) is 1. The molecule has 2 aromatic carbocycles. The zero-order valence-electron chi connectivity index (χ0n) is 12.1. The molecule has 1 unspecified atom stereocenters. The summed E-state index contributed by atoms with van der Waals surface area (Å²) >= 11 is 3.00. The summed E-state index contributed by atoms with van der Waals surface area (Å²) in [6.45, 7) is 6.30. The van der Waals surface area contributed by atoms with E-state index in [-0.39, 0.29) is 9.89 Å². The Morgan fingerprint density at radius 1 is 1.00 bits per heavy atom. The van der Waals surface area contributed by atoms with E-state index in [4.69, 9.17) is 0 Å². The van der Waals surface area contributed by atoms with Gasteiger partial charge in [-0.25, -0.2) is 8.78 Å². The maximum atomic E-state index is 13.6. The molecule has 0 radical (unpaired) electrons. The molecular weight excluding hydrogens is 338 g/mol. The van der Waals surface area contributed by atoms with Crippen molar-refractivity contribution >= 4 is 15.9 Å². The first-order chi connectivity index (χ1) is 9.71. The van der Waals surface area contributed by atoms with Gasteiger partial charge in [-0.05, 0) is 38.5 Å². The van der Waals surface area contributed by atoms with Gasteiger partial charge in [0.15, 0.2) is 11.6 Å². The molecule has 0 aliphatic rings. The molecule has 1 atom stereocenters. The second kappa shape index (κ2) is 5.85. The minimum Gasteiger partial charge on any atom is -0.384 e. The van der Waals surface area contributed by atoms with Crippen molar-refractivity contribution in [3.8, 4) is 0 Å². The second-order valence-electron chi connectivity index (χ2n) is 6.04. The highest BCUT2D eigenvalue weighted by molar-refractivity contribution is 9.10. The SMILES string of the molecule is CC(C)(C)c1ccc(C(O)c2ccc(F)c(F)c2Br)cc1. The van der Waals surface area contributed by atoms with Crippen LogP contribution in [0, 0.1) is 11.6 Å². The van der Waals surface area contributed by atoms with Gasteiger partial charge < -0.3 is 5.11 Å². The maximum Gasteiger partial charge on any atom is 0.173 e. The first kappa shape index (κ1) is 16.1. The number of rotatable bonds is 2. The highest BCUT2D eigenvalue weighted by Gasteiger charge is 2.20. The number of halogens is 3. The lowest BCUT2D eigenvalue weighted by atomic mass is 9.86. The summed E-state index contributed by atoms with van der Waals surface area (Å²) in [5.41, 5.74) is 2.10.